The lowest BCUT2D eigenvalue weighted by Gasteiger charge is -2.11. The van der Waals surface area contributed by atoms with E-state index in [1.807, 2.05) is 69.3 Å². The van der Waals surface area contributed by atoms with Crippen LogP contribution in [0.4, 0.5) is 5.69 Å². The Hall–Kier alpha value is -2.88. The summed E-state index contributed by atoms with van der Waals surface area (Å²) in [5.74, 6) is 0.151. The van der Waals surface area contributed by atoms with Crippen molar-refractivity contribution < 1.29 is 9.90 Å². The number of aryl methyl sites for hydroxylation is 2. The van der Waals surface area contributed by atoms with Crippen LogP contribution in [0.15, 0.2) is 53.1 Å². The number of hydrogen-bond donors (Lipinski definition) is 1. The predicted molar refractivity (Wildman–Crippen MR) is 92.6 cm³/mol. The van der Waals surface area contributed by atoms with Crippen molar-refractivity contribution in [1.82, 2.24) is 0 Å². The zero-order valence-electron chi connectivity index (χ0n) is 13.4. The maximum absolute atomic E-state index is 12.7. The Kier molecular flexibility index (Phi) is 3.74. The average molecular weight is 306 g/mol. The molecule has 2 aromatic carbocycles. The van der Waals surface area contributed by atoms with Crippen LogP contribution in [0.2, 0.25) is 0 Å². The lowest BCUT2D eigenvalue weighted by molar-refractivity contribution is -0.114. The lowest BCUT2D eigenvalue weighted by atomic mass is 10.0. The van der Waals surface area contributed by atoms with Crippen molar-refractivity contribution in [3.63, 3.8) is 0 Å². The number of hydrazone groups is 1. The van der Waals surface area contributed by atoms with Crippen molar-refractivity contribution in [2.45, 2.75) is 20.8 Å². The molecule has 0 spiro atoms. The fraction of sp³-hybridized carbons (Fsp3) is 0.158. The van der Waals surface area contributed by atoms with Crippen molar-refractivity contribution >= 4 is 23.4 Å². The molecule has 1 heterocycles. The molecule has 1 amide bonds. The highest BCUT2D eigenvalue weighted by Crippen LogP contribution is 2.27. The average Bonchev–Trinajstić information content (AvgIpc) is 2.81. The van der Waals surface area contributed by atoms with Gasteiger partial charge in [-0.15, -0.1) is 0 Å². The van der Waals surface area contributed by atoms with Crippen LogP contribution < -0.4 is 5.01 Å². The van der Waals surface area contributed by atoms with Crippen molar-refractivity contribution in [3.05, 3.63) is 64.7 Å². The summed E-state index contributed by atoms with van der Waals surface area (Å²) in [5.41, 5.74) is 4.46. The summed E-state index contributed by atoms with van der Waals surface area (Å²) < 4.78 is 0. The molecule has 2 aromatic rings. The fourth-order valence-electron chi connectivity index (χ4n) is 2.67. The first-order chi connectivity index (χ1) is 11.0. The number of aromatic hydroxyl groups is 1. The number of para-hydroxylation sites is 1. The Morgan fingerprint density at radius 3 is 2.26 bits per heavy atom. The van der Waals surface area contributed by atoms with E-state index in [2.05, 4.69) is 5.10 Å². The summed E-state index contributed by atoms with van der Waals surface area (Å²) in [6.07, 6.45) is 1.82. The van der Waals surface area contributed by atoms with Crippen molar-refractivity contribution in [1.29, 1.82) is 0 Å². The van der Waals surface area contributed by atoms with Crippen LogP contribution in [-0.4, -0.2) is 16.7 Å². The Morgan fingerprint density at radius 2 is 1.65 bits per heavy atom. The number of phenolic OH excluding ortho intramolecular Hbond substituents is 1. The number of benzene rings is 2. The second-order valence-corrected chi connectivity index (χ2v) is 5.70. The Morgan fingerprint density at radius 1 is 1.04 bits per heavy atom. The zero-order valence-corrected chi connectivity index (χ0v) is 13.4. The predicted octanol–water partition coefficient (Wildman–Crippen LogP) is 3.82. The van der Waals surface area contributed by atoms with Gasteiger partial charge in [0.2, 0.25) is 0 Å². The van der Waals surface area contributed by atoms with E-state index in [0.29, 0.717) is 17.0 Å². The second kappa shape index (κ2) is 5.72. The van der Waals surface area contributed by atoms with Crippen LogP contribution in [0.3, 0.4) is 0 Å². The van der Waals surface area contributed by atoms with Gasteiger partial charge in [0.05, 0.1) is 17.0 Å². The third-order valence-electron chi connectivity index (χ3n) is 3.89. The normalized spacial score (nSPS) is 16.1. The van der Waals surface area contributed by atoms with E-state index in [-0.39, 0.29) is 5.91 Å². The molecule has 23 heavy (non-hydrogen) atoms. The Bertz CT molecular complexity index is 813. The maximum atomic E-state index is 12.7. The van der Waals surface area contributed by atoms with Gasteiger partial charge in [0.15, 0.2) is 0 Å². The van der Waals surface area contributed by atoms with Crippen LogP contribution in [-0.2, 0) is 4.79 Å². The van der Waals surface area contributed by atoms with Crippen molar-refractivity contribution in [2.24, 2.45) is 5.10 Å². The quantitative estimate of drug-likeness (QED) is 0.858. The van der Waals surface area contributed by atoms with Crippen LogP contribution >= 0.6 is 0 Å². The molecule has 0 bridgehead atoms. The zero-order chi connectivity index (χ0) is 16.6. The Balaban J connectivity index is 1.99. The van der Waals surface area contributed by atoms with Gasteiger partial charge in [-0.1, -0.05) is 18.2 Å². The summed E-state index contributed by atoms with van der Waals surface area (Å²) in [7, 11) is 0. The smallest absolute Gasteiger partial charge is 0.280 e. The van der Waals surface area contributed by atoms with E-state index < -0.39 is 0 Å². The van der Waals surface area contributed by atoms with E-state index in [1.165, 1.54) is 5.01 Å². The largest absolute Gasteiger partial charge is 0.507 e. The number of nitrogens with zero attached hydrogens (tertiary/aromatic N) is 2. The molecule has 3 rings (SSSR count). The molecule has 0 atom stereocenters. The van der Waals surface area contributed by atoms with Gasteiger partial charge in [-0.05, 0) is 67.8 Å². The molecule has 1 aliphatic heterocycles. The molecule has 0 aliphatic carbocycles. The maximum Gasteiger partial charge on any atom is 0.280 e. The summed E-state index contributed by atoms with van der Waals surface area (Å²) in [4.78, 5) is 12.7. The molecule has 0 saturated carbocycles. The van der Waals surface area contributed by atoms with Crippen molar-refractivity contribution in [2.75, 3.05) is 5.01 Å². The van der Waals surface area contributed by atoms with Gasteiger partial charge in [0.25, 0.3) is 5.91 Å². The van der Waals surface area contributed by atoms with Crippen LogP contribution in [0.5, 0.6) is 5.75 Å². The molecule has 1 N–H and O–H groups in total. The molecular formula is C19H18N2O2. The number of hydrogen-bond acceptors (Lipinski definition) is 3. The molecule has 0 fully saturated rings. The minimum absolute atomic E-state index is 0.142. The fourth-order valence-corrected chi connectivity index (χ4v) is 2.67. The number of rotatable bonds is 2. The number of amides is 1. The molecule has 0 radical (unpaired) electrons. The first kappa shape index (κ1) is 15.0. The molecule has 4 heteroatoms. The van der Waals surface area contributed by atoms with Crippen molar-refractivity contribution in [3.8, 4) is 5.75 Å². The van der Waals surface area contributed by atoms with Crippen LogP contribution in [0.25, 0.3) is 6.08 Å². The third-order valence-corrected chi connectivity index (χ3v) is 3.89. The molecule has 116 valence electrons. The standard InChI is InChI=1S/C19H18N2O2/c1-12-9-15(10-13(2)18(12)22)11-17-14(3)20-21(19(17)23)16-7-5-4-6-8-16/h4-11,22H,1-3H3/b17-11+. The van der Waals surface area contributed by atoms with E-state index in [9.17, 15) is 9.90 Å². The van der Waals surface area contributed by atoms with Gasteiger partial charge in [-0.25, -0.2) is 0 Å². The molecule has 0 saturated heterocycles. The van der Waals surface area contributed by atoms with E-state index in [1.54, 1.807) is 0 Å². The van der Waals surface area contributed by atoms with Gasteiger partial charge in [0, 0.05) is 0 Å². The highest BCUT2D eigenvalue weighted by atomic mass is 16.3. The highest BCUT2D eigenvalue weighted by Gasteiger charge is 2.28. The number of carbonyl (C=O) groups is 1. The van der Waals surface area contributed by atoms with Gasteiger partial charge in [0.1, 0.15) is 5.75 Å². The lowest BCUT2D eigenvalue weighted by Crippen LogP contribution is -2.21. The molecular weight excluding hydrogens is 288 g/mol. The second-order valence-electron chi connectivity index (χ2n) is 5.70. The minimum atomic E-state index is -0.142. The summed E-state index contributed by atoms with van der Waals surface area (Å²) in [6, 6.07) is 13.1. The van der Waals surface area contributed by atoms with Gasteiger partial charge >= 0.3 is 0 Å². The first-order valence-electron chi connectivity index (χ1n) is 7.44. The summed E-state index contributed by atoms with van der Waals surface area (Å²) >= 11 is 0. The van der Waals surface area contributed by atoms with Gasteiger partial charge < -0.3 is 5.11 Å². The topological polar surface area (TPSA) is 52.9 Å². The molecule has 1 aliphatic rings. The summed E-state index contributed by atoms with van der Waals surface area (Å²) in [5, 5.41) is 15.6. The molecule has 4 nitrogen and oxygen atoms in total. The monoisotopic (exact) mass is 306 g/mol. The summed E-state index contributed by atoms with van der Waals surface area (Å²) in [6.45, 7) is 5.52. The number of phenols is 1. The minimum Gasteiger partial charge on any atom is -0.507 e. The third kappa shape index (κ3) is 2.75. The van der Waals surface area contributed by atoms with E-state index >= 15 is 0 Å². The molecule has 0 unspecified atom stereocenters. The van der Waals surface area contributed by atoms with Gasteiger partial charge in [-0.2, -0.15) is 10.1 Å². The van der Waals surface area contributed by atoms with E-state index in [4.69, 9.17) is 0 Å². The number of carbonyl (C=O) groups excluding carboxylic acids is 1. The van der Waals surface area contributed by atoms with Crippen LogP contribution in [0, 0.1) is 13.8 Å². The van der Waals surface area contributed by atoms with Crippen LogP contribution in [0.1, 0.15) is 23.6 Å². The first-order valence-corrected chi connectivity index (χ1v) is 7.44. The highest BCUT2D eigenvalue weighted by molar-refractivity contribution is 6.32. The Labute approximate surface area is 135 Å². The molecule has 0 aromatic heterocycles. The van der Waals surface area contributed by atoms with E-state index in [0.717, 1.165) is 22.4 Å². The van der Waals surface area contributed by atoms with Gasteiger partial charge in [-0.3, -0.25) is 4.79 Å². The number of anilines is 1. The SMILES string of the molecule is CC1=NN(c2ccccc2)C(=O)/C1=C/c1cc(C)c(O)c(C)c1.